The Morgan fingerprint density at radius 1 is 1.41 bits per heavy atom. The number of thiophene rings is 1. The van der Waals surface area contributed by atoms with Gasteiger partial charge in [-0.05, 0) is 25.0 Å². The minimum Gasteiger partial charge on any atom is -0.337 e. The van der Waals surface area contributed by atoms with Gasteiger partial charge in [0.25, 0.3) is 11.6 Å². The van der Waals surface area contributed by atoms with Gasteiger partial charge in [-0.15, -0.1) is 11.3 Å². The van der Waals surface area contributed by atoms with Gasteiger partial charge in [0.15, 0.2) is 0 Å². The fraction of sp³-hybridized carbons (Fsp3) is 0.278. The minimum atomic E-state index is -0.535. The van der Waals surface area contributed by atoms with E-state index in [1.807, 2.05) is 0 Å². The fourth-order valence-corrected chi connectivity index (χ4v) is 4.33. The molecular formula is C18H16N4O4S. The standard InChI is InChI=1S/C18H16N4O4S/c1-10-12(4-3-5-15(10)22(25)26)17(24)20-18-14(8-19)13-6-7-21(11(2)23)9-16(13)27-18/h3-5H,6-7,9H2,1-2H3,(H,20,24). The van der Waals surface area contributed by atoms with Crippen molar-refractivity contribution in [3.8, 4) is 6.07 Å². The monoisotopic (exact) mass is 384 g/mol. The average molecular weight is 384 g/mol. The van der Waals surface area contributed by atoms with E-state index in [2.05, 4.69) is 11.4 Å². The number of nitriles is 1. The summed E-state index contributed by atoms with van der Waals surface area (Å²) in [6.45, 7) is 3.96. The van der Waals surface area contributed by atoms with Crippen LogP contribution in [0.3, 0.4) is 0 Å². The first-order valence-electron chi connectivity index (χ1n) is 8.19. The van der Waals surface area contributed by atoms with Gasteiger partial charge in [-0.1, -0.05) is 6.07 Å². The van der Waals surface area contributed by atoms with Gasteiger partial charge in [0.05, 0.1) is 17.0 Å². The normalized spacial score (nSPS) is 12.9. The Hall–Kier alpha value is -3.25. The van der Waals surface area contributed by atoms with Gasteiger partial charge in [0, 0.05) is 35.5 Å². The summed E-state index contributed by atoms with van der Waals surface area (Å²) < 4.78 is 0. The molecule has 8 nitrogen and oxygen atoms in total. The van der Waals surface area contributed by atoms with Crippen LogP contribution < -0.4 is 5.32 Å². The van der Waals surface area contributed by atoms with Crippen molar-refractivity contribution < 1.29 is 14.5 Å². The molecule has 0 fully saturated rings. The topological polar surface area (TPSA) is 116 Å². The number of anilines is 1. The lowest BCUT2D eigenvalue weighted by Crippen LogP contribution is -2.33. The molecule has 0 bridgehead atoms. The molecule has 27 heavy (non-hydrogen) atoms. The van der Waals surface area contributed by atoms with Crippen molar-refractivity contribution in [3.05, 3.63) is 55.4 Å². The van der Waals surface area contributed by atoms with Gasteiger partial charge in [-0.2, -0.15) is 5.26 Å². The number of benzene rings is 1. The van der Waals surface area contributed by atoms with E-state index in [-0.39, 0.29) is 22.7 Å². The summed E-state index contributed by atoms with van der Waals surface area (Å²) in [4.78, 5) is 37.4. The van der Waals surface area contributed by atoms with Crippen LogP contribution >= 0.6 is 11.3 Å². The lowest BCUT2D eigenvalue weighted by molar-refractivity contribution is -0.385. The number of carbonyl (C=O) groups is 2. The first-order chi connectivity index (χ1) is 12.8. The van der Waals surface area contributed by atoms with Crippen LogP contribution in [0.15, 0.2) is 18.2 Å². The van der Waals surface area contributed by atoms with Crippen LogP contribution in [0.25, 0.3) is 0 Å². The van der Waals surface area contributed by atoms with Gasteiger partial charge in [-0.25, -0.2) is 0 Å². The number of carbonyl (C=O) groups excluding carboxylic acids is 2. The molecule has 2 amide bonds. The van der Waals surface area contributed by atoms with Crippen LogP contribution in [0, 0.1) is 28.4 Å². The third-order valence-electron chi connectivity index (χ3n) is 4.59. The molecule has 138 valence electrons. The molecule has 0 unspecified atom stereocenters. The maximum atomic E-state index is 12.7. The number of nitrogens with zero attached hydrogens (tertiary/aromatic N) is 3. The Bertz CT molecular complexity index is 1010. The molecule has 0 saturated heterocycles. The molecule has 1 aromatic heterocycles. The number of hydrogen-bond donors (Lipinski definition) is 1. The number of amides is 2. The third-order valence-corrected chi connectivity index (χ3v) is 5.72. The van der Waals surface area contributed by atoms with Crippen molar-refractivity contribution in [2.45, 2.75) is 26.8 Å². The maximum absolute atomic E-state index is 12.7. The summed E-state index contributed by atoms with van der Waals surface area (Å²) in [5.74, 6) is -0.542. The minimum absolute atomic E-state index is 0.0367. The molecular weight excluding hydrogens is 368 g/mol. The van der Waals surface area contributed by atoms with Gasteiger partial charge < -0.3 is 10.2 Å². The van der Waals surface area contributed by atoms with Crippen molar-refractivity contribution in [1.82, 2.24) is 4.90 Å². The Kier molecular flexibility index (Phi) is 4.92. The largest absolute Gasteiger partial charge is 0.337 e. The van der Waals surface area contributed by atoms with Crippen LogP contribution in [0.4, 0.5) is 10.7 Å². The lowest BCUT2D eigenvalue weighted by atomic mass is 10.0. The van der Waals surface area contributed by atoms with E-state index in [1.165, 1.54) is 43.4 Å². The Morgan fingerprint density at radius 3 is 2.78 bits per heavy atom. The molecule has 0 spiro atoms. The van der Waals surface area contributed by atoms with E-state index in [0.29, 0.717) is 30.1 Å². The fourth-order valence-electron chi connectivity index (χ4n) is 3.12. The van der Waals surface area contributed by atoms with E-state index in [1.54, 1.807) is 4.90 Å². The molecule has 2 aromatic rings. The van der Waals surface area contributed by atoms with E-state index < -0.39 is 10.8 Å². The van der Waals surface area contributed by atoms with Crippen molar-refractivity contribution in [1.29, 1.82) is 5.26 Å². The molecule has 0 saturated carbocycles. The molecule has 2 heterocycles. The van der Waals surface area contributed by atoms with Crippen LogP contribution in [0.1, 0.15) is 38.8 Å². The second-order valence-corrected chi connectivity index (χ2v) is 7.28. The number of hydrogen-bond acceptors (Lipinski definition) is 6. The Labute approximate surface area is 159 Å². The summed E-state index contributed by atoms with van der Waals surface area (Å²) in [5.41, 5.74) is 1.57. The van der Waals surface area contributed by atoms with Crippen LogP contribution in [-0.4, -0.2) is 28.2 Å². The van der Waals surface area contributed by atoms with Crippen molar-refractivity contribution >= 4 is 33.8 Å². The maximum Gasteiger partial charge on any atom is 0.273 e. The average Bonchev–Trinajstić information content (AvgIpc) is 2.97. The molecule has 1 aliphatic rings. The molecule has 9 heteroatoms. The molecule has 3 rings (SSSR count). The number of rotatable bonds is 3. The molecule has 0 atom stereocenters. The van der Waals surface area contributed by atoms with Crippen LogP contribution in [-0.2, 0) is 17.8 Å². The third kappa shape index (κ3) is 3.39. The summed E-state index contributed by atoms with van der Waals surface area (Å²) in [5, 5.41) is 23.7. The highest BCUT2D eigenvalue weighted by molar-refractivity contribution is 7.16. The lowest BCUT2D eigenvalue weighted by Gasteiger charge is -2.25. The highest BCUT2D eigenvalue weighted by Crippen LogP contribution is 2.37. The quantitative estimate of drug-likeness (QED) is 0.645. The number of nitro benzene ring substituents is 1. The number of nitrogens with one attached hydrogen (secondary N) is 1. The highest BCUT2D eigenvalue weighted by atomic mass is 32.1. The smallest absolute Gasteiger partial charge is 0.273 e. The summed E-state index contributed by atoms with van der Waals surface area (Å²) in [6.07, 6.45) is 0.556. The first kappa shape index (κ1) is 18.5. The van der Waals surface area contributed by atoms with Crippen LogP contribution in [0.5, 0.6) is 0 Å². The second kappa shape index (κ2) is 7.17. The summed E-state index contributed by atoms with van der Waals surface area (Å²) in [7, 11) is 0. The van der Waals surface area contributed by atoms with Crippen molar-refractivity contribution in [2.24, 2.45) is 0 Å². The SMILES string of the molecule is CC(=O)N1CCc2c(sc(NC(=O)c3cccc([N+](=O)[O-])c3C)c2C#N)C1. The predicted octanol–water partition coefficient (Wildman–Crippen LogP) is 2.99. The Balaban J connectivity index is 1.92. The highest BCUT2D eigenvalue weighted by Gasteiger charge is 2.27. The van der Waals surface area contributed by atoms with Crippen molar-refractivity contribution in [3.63, 3.8) is 0 Å². The second-order valence-electron chi connectivity index (χ2n) is 6.17. The molecule has 0 radical (unpaired) electrons. The Morgan fingerprint density at radius 2 is 2.15 bits per heavy atom. The van der Waals surface area contributed by atoms with E-state index in [0.717, 1.165) is 10.4 Å². The molecule has 1 aromatic carbocycles. The van der Waals surface area contributed by atoms with Crippen molar-refractivity contribution in [2.75, 3.05) is 11.9 Å². The van der Waals surface area contributed by atoms with Crippen LogP contribution in [0.2, 0.25) is 0 Å². The first-order valence-corrected chi connectivity index (χ1v) is 9.00. The van der Waals surface area contributed by atoms with E-state index in [9.17, 15) is 25.0 Å². The zero-order valence-electron chi connectivity index (χ0n) is 14.7. The van der Waals surface area contributed by atoms with Gasteiger partial charge in [0.2, 0.25) is 5.91 Å². The zero-order valence-corrected chi connectivity index (χ0v) is 15.6. The number of fused-ring (bicyclic) bond motifs is 1. The van der Waals surface area contributed by atoms with E-state index >= 15 is 0 Å². The molecule has 1 aliphatic heterocycles. The predicted molar refractivity (Wildman–Crippen MR) is 99.6 cm³/mol. The summed E-state index contributed by atoms with van der Waals surface area (Å²) >= 11 is 1.26. The van der Waals surface area contributed by atoms with E-state index in [4.69, 9.17) is 0 Å². The molecule has 0 aliphatic carbocycles. The number of nitro groups is 1. The van der Waals surface area contributed by atoms with Gasteiger partial charge in [-0.3, -0.25) is 19.7 Å². The van der Waals surface area contributed by atoms with Gasteiger partial charge in [0.1, 0.15) is 11.1 Å². The summed E-state index contributed by atoms with van der Waals surface area (Å²) in [6, 6.07) is 6.44. The van der Waals surface area contributed by atoms with Gasteiger partial charge >= 0.3 is 0 Å². The molecule has 1 N–H and O–H groups in total. The zero-order chi connectivity index (χ0) is 19.7.